The summed E-state index contributed by atoms with van der Waals surface area (Å²) in [5.41, 5.74) is 5.56. The largest absolute Gasteiger partial charge is 0.495 e. The highest BCUT2D eigenvalue weighted by Crippen LogP contribution is 2.38. The van der Waals surface area contributed by atoms with Crippen LogP contribution in [0.5, 0.6) is 5.75 Å². The molecule has 0 spiro atoms. The average molecular weight is 412 g/mol. The van der Waals surface area contributed by atoms with Crippen molar-refractivity contribution in [1.82, 2.24) is 0 Å². The zero-order valence-corrected chi connectivity index (χ0v) is 18.0. The molecule has 1 heterocycles. The number of carbonyl (C=O) groups is 2. The zero-order valence-electron chi connectivity index (χ0n) is 18.0. The number of methoxy groups -OCH3 is 1. The Morgan fingerprint density at radius 1 is 0.742 bits per heavy atom. The van der Waals surface area contributed by atoms with Crippen molar-refractivity contribution >= 4 is 28.8 Å². The summed E-state index contributed by atoms with van der Waals surface area (Å²) < 4.78 is 5.45. The standard InChI is InChI=1S/C26H24N2O3/c1-16-5-10-19(11-6-16)23-24(27-20-12-7-17(2)8-13-20)26(30)28(25(23)29)21-15-18(3)9-14-22(21)31-4/h5-15,27H,1-4H3. The molecule has 0 aromatic heterocycles. The molecule has 4 rings (SSSR count). The van der Waals surface area contributed by atoms with E-state index in [0.717, 1.165) is 22.4 Å². The Labute approximate surface area is 182 Å². The van der Waals surface area contributed by atoms with Gasteiger partial charge in [-0.05, 0) is 56.2 Å². The van der Waals surface area contributed by atoms with Crippen LogP contribution in [0.3, 0.4) is 0 Å². The van der Waals surface area contributed by atoms with E-state index in [1.165, 1.54) is 12.0 Å². The van der Waals surface area contributed by atoms with Gasteiger partial charge in [-0.2, -0.15) is 0 Å². The van der Waals surface area contributed by atoms with Crippen LogP contribution in [0.1, 0.15) is 22.3 Å². The Morgan fingerprint density at radius 2 is 1.32 bits per heavy atom. The van der Waals surface area contributed by atoms with Crippen molar-refractivity contribution < 1.29 is 14.3 Å². The number of nitrogens with one attached hydrogen (secondary N) is 1. The van der Waals surface area contributed by atoms with Gasteiger partial charge < -0.3 is 10.1 Å². The van der Waals surface area contributed by atoms with Gasteiger partial charge in [0.2, 0.25) is 0 Å². The fourth-order valence-electron chi connectivity index (χ4n) is 3.61. The van der Waals surface area contributed by atoms with Crippen LogP contribution in [0.2, 0.25) is 0 Å². The Kier molecular flexibility index (Phi) is 5.34. The summed E-state index contributed by atoms with van der Waals surface area (Å²) in [5.74, 6) is -0.329. The predicted octanol–water partition coefficient (Wildman–Crippen LogP) is 5.02. The predicted molar refractivity (Wildman–Crippen MR) is 123 cm³/mol. The molecule has 0 radical (unpaired) electrons. The van der Waals surface area contributed by atoms with Crippen LogP contribution in [-0.4, -0.2) is 18.9 Å². The van der Waals surface area contributed by atoms with Gasteiger partial charge in [0.05, 0.1) is 18.4 Å². The summed E-state index contributed by atoms with van der Waals surface area (Å²) in [6.45, 7) is 5.89. The zero-order chi connectivity index (χ0) is 22.1. The highest BCUT2D eigenvalue weighted by molar-refractivity contribution is 6.46. The van der Waals surface area contributed by atoms with Crippen LogP contribution in [-0.2, 0) is 9.59 Å². The fraction of sp³-hybridized carbons (Fsp3) is 0.154. The lowest BCUT2D eigenvalue weighted by Crippen LogP contribution is -2.32. The van der Waals surface area contributed by atoms with E-state index in [9.17, 15) is 9.59 Å². The lowest BCUT2D eigenvalue weighted by atomic mass is 10.0. The molecule has 0 unspecified atom stereocenters. The molecule has 0 fully saturated rings. The number of hydrogen-bond donors (Lipinski definition) is 1. The number of amides is 2. The van der Waals surface area contributed by atoms with Gasteiger partial charge in [0.25, 0.3) is 11.8 Å². The van der Waals surface area contributed by atoms with Gasteiger partial charge >= 0.3 is 0 Å². The topological polar surface area (TPSA) is 58.6 Å². The molecule has 3 aromatic rings. The van der Waals surface area contributed by atoms with Crippen LogP contribution in [0.15, 0.2) is 72.4 Å². The summed E-state index contributed by atoms with van der Waals surface area (Å²) in [6.07, 6.45) is 0. The van der Waals surface area contributed by atoms with Gasteiger partial charge in [0.1, 0.15) is 11.4 Å². The lowest BCUT2D eigenvalue weighted by molar-refractivity contribution is -0.120. The molecule has 3 aromatic carbocycles. The molecule has 0 saturated heterocycles. The SMILES string of the molecule is COc1ccc(C)cc1N1C(=O)C(Nc2ccc(C)cc2)=C(c2ccc(C)cc2)C1=O. The second kappa shape index (κ2) is 8.11. The Morgan fingerprint density at radius 3 is 1.94 bits per heavy atom. The van der Waals surface area contributed by atoms with Gasteiger partial charge in [-0.25, -0.2) is 4.90 Å². The van der Waals surface area contributed by atoms with Crippen molar-refractivity contribution in [3.05, 3.63) is 94.7 Å². The first-order valence-electron chi connectivity index (χ1n) is 10.1. The monoisotopic (exact) mass is 412 g/mol. The molecule has 156 valence electrons. The fourth-order valence-corrected chi connectivity index (χ4v) is 3.61. The van der Waals surface area contributed by atoms with Crippen molar-refractivity contribution in [2.24, 2.45) is 0 Å². The number of carbonyl (C=O) groups excluding carboxylic acids is 2. The first-order chi connectivity index (χ1) is 14.9. The number of benzene rings is 3. The average Bonchev–Trinajstić information content (AvgIpc) is 3.00. The molecule has 0 bridgehead atoms. The number of rotatable bonds is 5. The lowest BCUT2D eigenvalue weighted by Gasteiger charge is -2.19. The maximum Gasteiger partial charge on any atom is 0.282 e. The molecular formula is C26H24N2O3. The quantitative estimate of drug-likeness (QED) is 0.598. The van der Waals surface area contributed by atoms with E-state index in [4.69, 9.17) is 4.74 Å². The molecule has 31 heavy (non-hydrogen) atoms. The highest BCUT2D eigenvalue weighted by Gasteiger charge is 2.41. The minimum absolute atomic E-state index is 0.251. The Balaban J connectivity index is 1.85. The maximum atomic E-state index is 13.6. The van der Waals surface area contributed by atoms with Crippen LogP contribution < -0.4 is 15.0 Å². The highest BCUT2D eigenvalue weighted by atomic mass is 16.5. The van der Waals surface area contributed by atoms with Gasteiger partial charge in [-0.15, -0.1) is 0 Å². The Bertz CT molecular complexity index is 1190. The number of imide groups is 1. The van der Waals surface area contributed by atoms with Crippen molar-refractivity contribution in [2.45, 2.75) is 20.8 Å². The first-order valence-corrected chi connectivity index (χ1v) is 10.1. The molecule has 1 aliphatic heterocycles. The number of aryl methyl sites for hydroxylation is 3. The third kappa shape index (κ3) is 3.82. The van der Waals surface area contributed by atoms with Crippen molar-refractivity contribution in [1.29, 1.82) is 0 Å². The number of anilines is 2. The van der Waals surface area contributed by atoms with Gasteiger partial charge in [0.15, 0.2) is 0 Å². The van der Waals surface area contributed by atoms with E-state index in [1.807, 2.05) is 75.4 Å². The molecule has 2 amide bonds. The van der Waals surface area contributed by atoms with E-state index < -0.39 is 5.91 Å². The summed E-state index contributed by atoms with van der Waals surface area (Å²) in [4.78, 5) is 28.3. The van der Waals surface area contributed by atoms with Gasteiger partial charge in [-0.3, -0.25) is 9.59 Å². The summed E-state index contributed by atoms with van der Waals surface area (Å²) in [5, 5.41) is 3.19. The van der Waals surface area contributed by atoms with Crippen LogP contribution in [0.25, 0.3) is 5.57 Å². The minimum Gasteiger partial charge on any atom is -0.495 e. The van der Waals surface area contributed by atoms with E-state index in [2.05, 4.69) is 5.32 Å². The first kappa shape index (κ1) is 20.4. The van der Waals surface area contributed by atoms with E-state index in [1.54, 1.807) is 12.1 Å². The van der Waals surface area contributed by atoms with Crippen molar-refractivity contribution in [3.63, 3.8) is 0 Å². The third-order valence-corrected chi connectivity index (χ3v) is 5.32. The molecule has 0 aliphatic carbocycles. The van der Waals surface area contributed by atoms with Gasteiger partial charge in [-0.1, -0.05) is 53.6 Å². The van der Waals surface area contributed by atoms with Crippen molar-refractivity contribution in [2.75, 3.05) is 17.3 Å². The minimum atomic E-state index is -0.412. The normalized spacial score (nSPS) is 13.7. The molecule has 0 atom stereocenters. The third-order valence-electron chi connectivity index (χ3n) is 5.32. The number of nitrogens with zero attached hydrogens (tertiary/aromatic N) is 1. The molecule has 0 saturated carbocycles. The molecule has 1 aliphatic rings. The second-order valence-corrected chi connectivity index (χ2v) is 7.73. The molecule has 1 N–H and O–H groups in total. The molecule has 5 heteroatoms. The van der Waals surface area contributed by atoms with E-state index in [0.29, 0.717) is 22.6 Å². The number of ether oxygens (including phenoxy) is 1. The summed E-state index contributed by atoms with van der Waals surface area (Å²) >= 11 is 0. The molecule has 5 nitrogen and oxygen atoms in total. The molecular weight excluding hydrogens is 388 g/mol. The van der Waals surface area contributed by atoms with Crippen LogP contribution in [0.4, 0.5) is 11.4 Å². The summed E-state index contributed by atoms with van der Waals surface area (Å²) in [6, 6.07) is 20.7. The van der Waals surface area contributed by atoms with Crippen LogP contribution in [0, 0.1) is 20.8 Å². The van der Waals surface area contributed by atoms with E-state index >= 15 is 0 Å². The Hall–Kier alpha value is -3.86. The smallest absolute Gasteiger partial charge is 0.282 e. The second-order valence-electron chi connectivity index (χ2n) is 7.73. The summed E-state index contributed by atoms with van der Waals surface area (Å²) in [7, 11) is 1.53. The van der Waals surface area contributed by atoms with Crippen molar-refractivity contribution in [3.8, 4) is 5.75 Å². The van der Waals surface area contributed by atoms with Crippen LogP contribution >= 0.6 is 0 Å². The van der Waals surface area contributed by atoms with Gasteiger partial charge in [0, 0.05) is 5.69 Å². The van der Waals surface area contributed by atoms with E-state index in [-0.39, 0.29) is 11.6 Å². The number of hydrogen-bond acceptors (Lipinski definition) is 4. The maximum absolute atomic E-state index is 13.6.